The van der Waals surface area contributed by atoms with Gasteiger partial charge in [-0.15, -0.1) is 0 Å². The quantitative estimate of drug-likeness (QED) is 0.557. The van der Waals surface area contributed by atoms with Gasteiger partial charge in [0.25, 0.3) is 0 Å². The molecule has 3 nitrogen and oxygen atoms in total. The Morgan fingerprint density at radius 3 is 2.45 bits per heavy atom. The molecule has 0 aliphatic heterocycles. The topological polar surface area (TPSA) is 33.3 Å². The number of hydrogen-bond donors (Lipinski definition) is 2. The molecular formula is C16H32N2OS. The zero-order valence-corrected chi connectivity index (χ0v) is 14.4. The van der Waals surface area contributed by atoms with Crippen molar-refractivity contribution in [2.24, 2.45) is 11.3 Å². The van der Waals surface area contributed by atoms with Crippen molar-refractivity contribution in [3.63, 3.8) is 0 Å². The van der Waals surface area contributed by atoms with Crippen LogP contribution in [-0.4, -0.2) is 31.4 Å². The van der Waals surface area contributed by atoms with Gasteiger partial charge in [-0.3, -0.25) is 0 Å². The standard InChI is InChI=1S/C16H32N2OS/c1-5-16(2,3)13-7-9-14(10-8-13)18-15(20)17-11-6-12-19-4/h13-14H,5-12H2,1-4H3,(H2,17,18,20). The highest BCUT2D eigenvalue weighted by molar-refractivity contribution is 7.80. The fraction of sp³-hybridized carbons (Fsp3) is 0.938. The lowest BCUT2D eigenvalue weighted by Gasteiger charge is -2.39. The minimum absolute atomic E-state index is 0.490. The summed E-state index contributed by atoms with van der Waals surface area (Å²) in [6.45, 7) is 8.80. The molecule has 0 aromatic rings. The molecule has 4 heteroatoms. The Balaban J connectivity index is 2.20. The molecule has 0 radical (unpaired) electrons. The highest BCUT2D eigenvalue weighted by Crippen LogP contribution is 2.40. The number of nitrogens with one attached hydrogen (secondary N) is 2. The molecule has 118 valence electrons. The monoisotopic (exact) mass is 300 g/mol. The maximum Gasteiger partial charge on any atom is 0.166 e. The first kappa shape index (κ1) is 17.7. The van der Waals surface area contributed by atoms with E-state index in [0.717, 1.165) is 30.6 Å². The molecule has 0 saturated heterocycles. The van der Waals surface area contributed by atoms with E-state index >= 15 is 0 Å². The van der Waals surface area contributed by atoms with E-state index in [1.807, 2.05) is 0 Å². The van der Waals surface area contributed by atoms with Gasteiger partial charge in [0.1, 0.15) is 0 Å². The third kappa shape index (κ3) is 5.96. The van der Waals surface area contributed by atoms with E-state index in [9.17, 15) is 0 Å². The van der Waals surface area contributed by atoms with Gasteiger partial charge < -0.3 is 15.4 Å². The highest BCUT2D eigenvalue weighted by atomic mass is 32.1. The van der Waals surface area contributed by atoms with Gasteiger partial charge in [-0.05, 0) is 55.7 Å². The minimum Gasteiger partial charge on any atom is -0.385 e. The van der Waals surface area contributed by atoms with Crippen molar-refractivity contribution in [2.45, 2.75) is 65.3 Å². The molecule has 1 rings (SSSR count). The highest BCUT2D eigenvalue weighted by Gasteiger charge is 2.31. The van der Waals surface area contributed by atoms with Crippen molar-refractivity contribution in [3.05, 3.63) is 0 Å². The van der Waals surface area contributed by atoms with Crippen molar-refractivity contribution in [2.75, 3.05) is 20.3 Å². The molecule has 0 spiro atoms. The largest absolute Gasteiger partial charge is 0.385 e. The Morgan fingerprint density at radius 2 is 1.90 bits per heavy atom. The second-order valence-corrected chi connectivity index (χ2v) is 7.05. The van der Waals surface area contributed by atoms with Gasteiger partial charge in [0, 0.05) is 26.3 Å². The van der Waals surface area contributed by atoms with Crippen molar-refractivity contribution >= 4 is 17.3 Å². The van der Waals surface area contributed by atoms with Crippen LogP contribution in [0.1, 0.15) is 59.3 Å². The summed E-state index contributed by atoms with van der Waals surface area (Å²) >= 11 is 5.35. The van der Waals surface area contributed by atoms with E-state index in [2.05, 4.69) is 31.4 Å². The molecule has 0 atom stereocenters. The molecule has 1 aliphatic carbocycles. The van der Waals surface area contributed by atoms with Gasteiger partial charge in [0.15, 0.2) is 5.11 Å². The van der Waals surface area contributed by atoms with Crippen LogP contribution in [0.25, 0.3) is 0 Å². The van der Waals surface area contributed by atoms with E-state index in [4.69, 9.17) is 17.0 Å². The van der Waals surface area contributed by atoms with Gasteiger partial charge in [-0.25, -0.2) is 0 Å². The predicted octanol–water partition coefficient (Wildman–Crippen LogP) is 3.48. The zero-order valence-electron chi connectivity index (χ0n) is 13.6. The zero-order chi connectivity index (χ0) is 15.0. The van der Waals surface area contributed by atoms with Gasteiger partial charge in [0.05, 0.1) is 0 Å². The number of ether oxygens (including phenoxy) is 1. The molecule has 0 amide bonds. The lowest BCUT2D eigenvalue weighted by molar-refractivity contribution is 0.141. The SMILES string of the molecule is CCC(C)(C)C1CCC(NC(=S)NCCCOC)CC1. The van der Waals surface area contributed by atoms with Crippen molar-refractivity contribution in [3.8, 4) is 0 Å². The van der Waals surface area contributed by atoms with Gasteiger partial charge in [0.2, 0.25) is 0 Å². The van der Waals surface area contributed by atoms with Crippen LogP contribution >= 0.6 is 12.2 Å². The van der Waals surface area contributed by atoms with E-state index in [0.29, 0.717) is 11.5 Å². The Bertz CT molecular complexity index is 286. The van der Waals surface area contributed by atoms with Gasteiger partial charge >= 0.3 is 0 Å². The Hall–Kier alpha value is -0.350. The van der Waals surface area contributed by atoms with E-state index < -0.39 is 0 Å². The molecular weight excluding hydrogens is 268 g/mol. The lowest BCUT2D eigenvalue weighted by Crippen LogP contribution is -2.44. The molecule has 2 N–H and O–H groups in total. The van der Waals surface area contributed by atoms with Crippen molar-refractivity contribution < 1.29 is 4.74 Å². The fourth-order valence-electron chi connectivity index (χ4n) is 2.96. The van der Waals surface area contributed by atoms with Crippen LogP contribution in [0.2, 0.25) is 0 Å². The van der Waals surface area contributed by atoms with Crippen molar-refractivity contribution in [1.82, 2.24) is 10.6 Å². The maximum atomic E-state index is 5.35. The summed E-state index contributed by atoms with van der Waals surface area (Å²) in [4.78, 5) is 0. The van der Waals surface area contributed by atoms with E-state index in [1.54, 1.807) is 7.11 Å². The molecule has 1 fully saturated rings. The lowest BCUT2D eigenvalue weighted by atomic mass is 9.69. The summed E-state index contributed by atoms with van der Waals surface area (Å²) in [7, 11) is 1.73. The Morgan fingerprint density at radius 1 is 1.25 bits per heavy atom. The second-order valence-electron chi connectivity index (χ2n) is 6.64. The van der Waals surface area contributed by atoms with E-state index in [1.165, 1.54) is 32.1 Å². The van der Waals surface area contributed by atoms with Crippen molar-refractivity contribution in [1.29, 1.82) is 0 Å². The van der Waals surface area contributed by atoms with Crippen LogP contribution in [0.4, 0.5) is 0 Å². The van der Waals surface area contributed by atoms with Crippen LogP contribution < -0.4 is 10.6 Å². The summed E-state index contributed by atoms with van der Waals surface area (Å²) in [6, 6.07) is 0.557. The summed E-state index contributed by atoms with van der Waals surface area (Å²) in [5.74, 6) is 0.869. The van der Waals surface area contributed by atoms with Crippen LogP contribution in [-0.2, 0) is 4.74 Å². The maximum absolute atomic E-state index is 5.35. The average molecular weight is 301 g/mol. The molecule has 0 unspecified atom stereocenters. The molecule has 0 heterocycles. The number of hydrogen-bond acceptors (Lipinski definition) is 2. The smallest absolute Gasteiger partial charge is 0.166 e. The molecule has 0 aromatic heterocycles. The first-order valence-corrected chi connectivity index (χ1v) is 8.43. The van der Waals surface area contributed by atoms with Gasteiger partial charge in [-0.1, -0.05) is 27.2 Å². The Kier molecular flexibility index (Phi) is 7.82. The number of rotatable bonds is 7. The third-order valence-electron chi connectivity index (χ3n) is 4.89. The molecule has 0 bridgehead atoms. The normalized spacial score (nSPS) is 23.4. The summed E-state index contributed by atoms with van der Waals surface area (Å²) in [5.41, 5.74) is 0.490. The molecule has 1 aliphatic rings. The van der Waals surface area contributed by atoms with Crippen LogP contribution in [0.15, 0.2) is 0 Å². The molecule has 1 saturated carbocycles. The van der Waals surface area contributed by atoms with Crippen LogP contribution in [0, 0.1) is 11.3 Å². The summed E-state index contributed by atoms with van der Waals surface area (Å²) in [6.07, 6.45) is 7.41. The Labute approximate surface area is 130 Å². The molecule has 0 aromatic carbocycles. The fourth-order valence-corrected chi connectivity index (χ4v) is 3.23. The average Bonchev–Trinajstić information content (AvgIpc) is 2.44. The van der Waals surface area contributed by atoms with E-state index in [-0.39, 0.29) is 0 Å². The van der Waals surface area contributed by atoms with Crippen LogP contribution in [0.5, 0.6) is 0 Å². The second kappa shape index (κ2) is 8.83. The first-order chi connectivity index (χ1) is 9.49. The third-order valence-corrected chi connectivity index (χ3v) is 5.15. The van der Waals surface area contributed by atoms with Gasteiger partial charge in [-0.2, -0.15) is 0 Å². The predicted molar refractivity (Wildman–Crippen MR) is 90.0 cm³/mol. The molecule has 20 heavy (non-hydrogen) atoms. The number of thiocarbonyl (C=S) groups is 1. The van der Waals surface area contributed by atoms with Crippen LogP contribution in [0.3, 0.4) is 0 Å². The summed E-state index contributed by atoms with van der Waals surface area (Å²) in [5, 5.41) is 7.53. The number of methoxy groups -OCH3 is 1. The first-order valence-electron chi connectivity index (χ1n) is 8.03. The minimum atomic E-state index is 0.490. The summed E-state index contributed by atoms with van der Waals surface area (Å²) < 4.78 is 5.02.